The van der Waals surface area contributed by atoms with E-state index < -0.39 is 0 Å². The molecule has 2 heterocycles. The van der Waals surface area contributed by atoms with Gasteiger partial charge in [0.05, 0.1) is 11.5 Å². The highest BCUT2D eigenvalue weighted by atomic mass is 32.1. The second-order valence-electron chi connectivity index (χ2n) is 5.09. The van der Waals surface area contributed by atoms with Gasteiger partial charge in [0.2, 0.25) is 5.91 Å². The molecule has 1 amide bonds. The summed E-state index contributed by atoms with van der Waals surface area (Å²) in [4.78, 5) is 13.7. The Balaban J connectivity index is 2.01. The zero-order valence-corrected chi connectivity index (χ0v) is 12.0. The molecule has 1 aliphatic heterocycles. The van der Waals surface area contributed by atoms with Gasteiger partial charge in [-0.1, -0.05) is 13.0 Å². The minimum Gasteiger partial charge on any atom is -0.348 e. The zero-order chi connectivity index (χ0) is 13.0. The van der Waals surface area contributed by atoms with Crippen LogP contribution in [0.4, 0.5) is 0 Å². The molecule has 0 spiro atoms. The number of amides is 1. The van der Waals surface area contributed by atoms with Crippen molar-refractivity contribution < 1.29 is 4.79 Å². The van der Waals surface area contributed by atoms with Gasteiger partial charge in [-0.3, -0.25) is 4.79 Å². The first-order valence-corrected chi connectivity index (χ1v) is 7.61. The van der Waals surface area contributed by atoms with Crippen molar-refractivity contribution in [2.24, 2.45) is 5.41 Å². The first-order valence-electron chi connectivity index (χ1n) is 6.73. The molecule has 3 nitrogen and oxygen atoms in total. The topological polar surface area (TPSA) is 41.1 Å². The van der Waals surface area contributed by atoms with Crippen molar-refractivity contribution in [1.29, 1.82) is 0 Å². The number of hydrogen-bond acceptors (Lipinski definition) is 3. The summed E-state index contributed by atoms with van der Waals surface area (Å²) in [6, 6.07) is 4.23. The highest BCUT2D eigenvalue weighted by Gasteiger charge is 2.38. The first-order chi connectivity index (χ1) is 8.68. The van der Waals surface area contributed by atoms with Gasteiger partial charge in [0, 0.05) is 4.88 Å². The van der Waals surface area contributed by atoms with E-state index in [9.17, 15) is 4.79 Å². The van der Waals surface area contributed by atoms with E-state index in [1.54, 1.807) is 11.3 Å². The summed E-state index contributed by atoms with van der Waals surface area (Å²) in [5, 5.41) is 8.57. The standard InChI is InChI=1S/C14H22N2OS/c1-3-14(6-8-15-9-7-14)13(17)16-11(2)12-5-4-10-18-12/h4-5,10-11,15H,3,6-9H2,1-2H3,(H,16,17)/t11-/m1/s1. The van der Waals surface area contributed by atoms with Gasteiger partial charge in [-0.15, -0.1) is 11.3 Å². The minimum atomic E-state index is -0.156. The molecule has 0 saturated carbocycles. The minimum absolute atomic E-state index is 0.121. The van der Waals surface area contributed by atoms with Crippen molar-refractivity contribution >= 4 is 17.2 Å². The number of hydrogen-bond donors (Lipinski definition) is 2. The number of carbonyl (C=O) groups excluding carboxylic acids is 1. The molecule has 0 aromatic carbocycles. The van der Waals surface area contributed by atoms with Crippen LogP contribution in [-0.2, 0) is 4.79 Å². The average Bonchev–Trinajstić information content (AvgIpc) is 2.93. The van der Waals surface area contributed by atoms with Crippen LogP contribution in [0.5, 0.6) is 0 Å². The molecule has 0 unspecified atom stereocenters. The second-order valence-corrected chi connectivity index (χ2v) is 6.07. The number of carbonyl (C=O) groups is 1. The molecule has 2 rings (SSSR count). The van der Waals surface area contributed by atoms with Crippen LogP contribution in [-0.4, -0.2) is 19.0 Å². The third-order valence-electron chi connectivity index (χ3n) is 4.04. The molecule has 1 fully saturated rings. The van der Waals surface area contributed by atoms with E-state index in [0.29, 0.717) is 0 Å². The molecule has 1 aliphatic rings. The molecule has 0 aliphatic carbocycles. The first kappa shape index (κ1) is 13.6. The van der Waals surface area contributed by atoms with Crippen molar-refractivity contribution in [3.05, 3.63) is 22.4 Å². The largest absolute Gasteiger partial charge is 0.348 e. The Kier molecular flexibility index (Phi) is 4.40. The number of nitrogens with one attached hydrogen (secondary N) is 2. The summed E-state index contributed by atoms with van der Waals surface area (Å²) in [5.41, 5.74) is -0.156. The number of thiophene rings is 1. The highest BCUT2D eigenvalue weighted by molar-refractivity contribution is 7.10. The third kappa shape index (κ3) is 2.75. The van der Waals surface area contributed by atoms with Gasteiger partial charge in [-0.05, 0) is 50.7 Å². The fourth-order valence-electron chi connectivity index (χ4n) is 2.61. The van der Waals surface area contributed by atoms with Gasteiger partial charge >= 0.3 is 0 Å². The molecule has 1 saturated heterocycles. The molecule has 4 heteroatoms. The van der Waals surface area contributed by atoms with Gasteiger partial charge in [0.1, 0.15) is 0 Å². The van der Waals surface area contributed by atoms with Crippen LogP contribution in [0.15, 0.2) is 17.5 Å². The van der Waals surface area contributed by atoms with Crippen LogP contribution in [0, 0.1) is 5.41 Å². The van der Waals surface area contributed by atoms with Crippen molar-refractivity contribution in [2.45, 2.75) is 39.2 Å². The van der Waals surface area contributed by atoms with E-state index >= 15 is 0 Å². The average molecular weight is 266 g/mol. The maximum absolute atomic E-state index is 12.5. The van der Waals surface area contributed by atoms with Gasteiger partial charge in [0.15, 0.2) is 0 Å². The molecular weight excluding hydrogens is 244 g/mol. The number of piperidine rings is 1. The zero-order valence-electron chi connectivity index (χ0n) is 11.2. The van der Waals surface area contributed by atoms with E-state index in [4.69, 9.17) is 0 Å². The maximum atomic E-state index is 12.5. The lowest BCUT2D eigenvalue weighted by Gasteiger charge is -2.36. The Morgan fingerprint density at radius 3 is 2.83 bits per heavy atom. The molecule has 1 aromatic rings. The third-order valence-corrected chi connectivity index (χ3v) is 5.09. The van der Waals surface area contributed by atoms with E-state index in [-0.39, 0.29) is 17.4 Å². The molecule has 1 aromatic heterocycles. The molecule has 1 atom stereocenters. The lowest BCUT2D eigenvalue weighted by atomic mass is 9.75. The number of rotatable bonds is 4. The van der Waals surface area contributed by atoms with Gasteiger partial charge in [0.25, 0.3) is 0 Å². The lowest BCUT2D eigenvalue weighted by molar-refractivity contribution is -0.133. The van der Waals surface area contributed by atoms with Gasteiger partial charge in [-0.25, -0.2) is 0 Å². The van der Waals surface area contributed by atoms with Crippen LogP contribution in [0.2, 0.25) is 0 Å². The van der Waals surface area contributed by atoms with E-state index in [0.717, 1.165) is 32.4 Å². The van der Waals surface area contributed by atoms with Crippen molar-refractivity contribution in [1.82, 2.24) is 10.6 Å². The van der Waals surface area contributed by atoms with E-state index in [1.807, 2.05) is 6.07 Å². The predicted molar refractivity (Wildman–Crippen MR) is 75.7 cm³/mol. The second kappa shape index (κ2) is 5.85. The summed E-state index contributed by atoms with van der Waals surface area (Å²) >= 11 is 1.70. The van der Waals surface area contributed by atoms with Crippen LogP contribution < -0.4 is 10.6 Å². The Morgan fingerprint density at radius 1 is 1.56 bits per heavy atom. The Hall–Kier alpha value is -0.870. The van der Waals surface area contributed by atoms with Crippen molar-refractivity contribution in [2.75, 3.05) is 13.1 Å². The normalized spacial score (nSPS) is 20.3. The molecule has 0 bridgehead atoms. The highest BCUT2D eigenvalue weighted by Crippen LogP contribution is 2.33. The summed E-state index contributed by atoms with van der Waals surface area (Å²) < 4.78 is 0. The summed E-state index contributed by atoms with van der Waals surface area (Å²) in [5.74, 6) is 0.229. The Bertz CT molecular complexity index is 383. The molecule has 0 radical (unpaired) electrons. The molecule has 18 heavy (non-hydrogen) atoms. The lowest BCUT2D eigenvalue weighted by Crippen LogP contribution is -2.47. The summed E-state index contributed by atoms with van der Waals surface area (Å²) in [6.07, 6.45) is 2.83. The van der Waals surface area contributed by atoms with E-state index in [2.05, 4.69) is 35.9 Å². The van der Waals surface area contributed by atoms with Gasteiger partial charge < -0.3 is 10.6 Å². The van der Waals surface area contributed by atoms with Crippen LogP contribution in [0.25, 0.3) is 0 Å². The SMILES string of the molecule is CCC1(C(=O)N[C@H](C)c2cccs2)CCNCC1. The van der Waals surface area contributed by atoms with Crippen LogP contribution >= 0.6 is 11.3 Å². The Morgan fingerprint density at radius 2 is 2.28 bits per heavy atom. The molecule has 2 N–H and O–H groups in total. The van der Waals surface area contributed by atoms with Gasteiger partial charge in [-0.2, -0.15) is 0 Å². The van der Waals surface area contributed by atoms with Crippen LogP contribution in [0.1, 0.15) is 44.0 Å². The summed E-state index contributed by atoms with van der Waals surface area (Å²) in [6.45, 7) is 6.10. The van der Waals surface area contributed by atoms with E-state index in [1.165, 1.54) is 4.88 Å². The van der Waals surface area contributed by atoms with Crippen molar-refractivity contribution in [3.8, 4) is 0 Å². The fourth-order valence-corrected chi connectivity index (χ4v) is 3.34. The quantitative estimate of drug-likeness (QED) is 0.880. The molecule has 100 valence electrons. The van der Waals surface area contributed by atoms with Crippen LogP contribution in [0.3, 0.4) is 0 Å². The smallest absolute Gasteiger partial charge is 0.226 e. The maximum Gasteiger partial charge on any atom is 0.226 e. The Labute approximate surface area is 113 Å². The summed E-state index contributed by atoms with van der Waals surface area (Å²) in [7, 11) is 0. The predicted octanol–water partition coefficient (Wildman–Crippen LogP) is 2.71. The fraction of sp³-hybridized carbons (Fsp3) is 0.643. The monoisotopic (exact) mass is 266 g/mol. The molecular formula is C14H22N2OS. The van der Waals surface area contributed by atoms with Crippen molar-refractivity contribution in [3.63, 3.8) is 0 Å².